The summed E-state index contributed by atoms with van der Waals surface area (Å²) in [6, 6.07) is 0. The van der Waals surface area contributed by atoms with Gasteiger partial charge in [0, 0.05) is 39.3 Å². The van der Waals surface area contributed by atoms with E-state index >= 15 is 0 Å². The highest BCUT2D eigenvalue weighted by Crippen LogP contribution is 1.91. The molecule has 0 saturated carbocycles. The number of ether oxygens (including phenoxy) is 1. The van der Waals surface area contributed by atoms with E-state index in [0.29, 0.717) is 6.54 Å². The van der Waals surface area contributed by atoms with Gasteiger partial charge in [-0.15, -0.1) is 0 Å². The van der Waals surface area contributed by atoms with Gasteiger partial charge in [0.05, 0.1) is 6.10 Å². The van der Waals surface area contributed by atoms with Crippen LogP contribution in [0.1, 0.15) is 13.8 Å². The van der Waals surface area contributed by atoms with Crippen LogP contribution in [-0.4, -0.2) is 56.4 Å². The highest BCUT2D eigenvalue weighted by atomic mass is 16.6. The van der Waals surface area contributed by atoms with Crippen molar-refractivity contribution in [2.75, 3.05) is 39.3 Å². The van der Waals surface area contributed by atoms with Crippen molar-refractivity contribution in [3.05, 3.63) is 0 Å². The molecule has 0 aliphatic carbocycles. The predicted octanol–water partition coefficient (Wildman–Crippen LogP) is 0.0262. The number of piperazine rings is 1. The van der Waals surface area contributed by atoms with E-state index in [1.165, 1.54) is 0 Å². The minimum atomic E-state index is -0.319. The molecule has 0 atom stereocenters. The summed E-state index contributed by atoms with van der Waals surface area (Å²) in [5.74, 6) is 0. The number of amides is 1. The summed E-state index contributed by atoms with van der Waals surface area (Å²) in [4.78, 5) is 13.5. The van der Waals surface area contributed by atoms with Gasteiger partial charge in [0.1, 0.15) is 0 Å². The number of carbonyl (C=O) groups is 1. The third-order valence-corrected chi connectivity index (χ3v) is 2.25. The van der Waals surface area contributed by atoms with Crippen LogP contribution in [0.3, 0.4) is 0 Å². The maximum absolute atomic E-state index is 11.1. The van der Waals surface area contributed by atoms with E-state index in [-0.39, 0.29) is 12.2 Å². The standard InChI is InChI=1S/C10H21N3O2/c1-9(2)15-10(14)12-5-8-13-6-3-11-4-7-13/h9,11H,3-8H2,1-2H3,(H,12,14). The Morgan fingerprint density at radius 2 is 2.13 bits per heavy atom. The lowest BCUT2D eigenvalue weighted by Gasteiger charge is -2.27. The quantitative estimate of drug-likeness (QED) is 0.694. The van der Waals surface area contributed by atoms with Gasteiger partial charge >= 0.3 is 6.09 Å². The molecule has 1 fully saturated rings. The molecule has 1 saturated heterocycles. The molecule has 1 aliphatic heterocycles. The fourth-order valence-corrected chi connectivity index (χ4v) is 1.51. The maximum atomic E-state index is 11.1. The molecular weight excluding hydrogens is 194 g/mol. The molecule has 15 heavy (non-hydrogen) atoms. The summed E-state index contributed by atoms with van der Waals surface area (Å²) in [6.45, 7) is 9.43. The second kappa shape index (κ2) is 6.63. The molecule has 1 amide bonds. The first-order valence-corrected chi connectivity index (χ1v) is 5.56. The van der Waals surface area contributed by atoms with Crippen LogP contribution in [0.15, 0.2) is 0 Å². The van der Waals surface area contributed by atoms with Crippen molar-refractivity contribution >= 4 is 6.09 Å². The van der Waals surface area contributed by atoms with Crippen LogP contribution in [0.5, 0.6) is 0 Å². The zero-order valence-electron chi connectivity index (χ0n) is 9.58. The minimum Gasteiger partial charge on any atom is -0.447 e. The van der Waals surface area contributed by atoms with Crippen LogP contribution >= 0.6 is 0 Å². The van der Waals surface area contributed by atoms with Crippen molar-refractivity contribution < 1.29 is 9.53 Å². The van der Waals surface area contributed by atoms with Crippen LogP contribution < -0.4 is 10.6 Å². The van der Waals surface area contributed by atoms with Crippen LogP contribution in [0.2, 0.25) is 0 Å². The summed E-state index contributed by atoms with van der Waals surface area (Å²) in [7, 11) is 0. The lowest BCUT2D eigenvalue weighted by molar-refractivity contribution is 0.114. The molecule has 5 nitrogen and oxygen atoms in total. The van der Waals surface area contributed by atoms with Crippen molar-refractivity contribution in [3.8, 4) is 0 Å². The minimum absolute atomic E-state index is 0.0517. The topological polar surface area (TPSA) is 53.6 Å². The van der Waals surface area contributed by atoms with Crippen molar-refractivity contribution in [1.82, 2.24) is 15.5 Å². The predicted molar refractivity (Wildman–Crippen MR) is 58.9 cm³/mol. The Bertz CT molecular complexity index is 191. The van der Waals surface area contributed by atoms with Crippen molar-refractivity contribution in [3.63, 3.8) is 0 Å². The number of hydrogen-bond donors (Lipinski definition) is 2. The van der Waals surface area contributed by atoms with E-state index in [4.69, 9.17) is 4.74 Å². The number of rotatable bonds is 4. The molecular formula is C10H21N3O2. The Hall–Kier alpha value is -0.810. The summed E-state index contributed by atoms with van der Waals surface area (Å²) < 4.78 is 4.96. The Labute approximate surface area is 91.2 Å². The summed E-state index contributed by atoms with van der Waals surface area (Å²) in [5.41, 5.74) is 0. The van der Waals surface area contributed by atoms with Crippen LogP contribution in [0.4, 0.5) is 4.79 Å². The first kappa shape index (κ1) is 12.3. The van der Waals surface area contributed by atoms with E-state index in [9.17, 15) is 4.79 Å². The molecule has 1 heterocycles. The fourth-order valence-electron chi connectivity index (χ4n) is 1.51. The van der Waals surface area contributed by atoms with E-state index in [1.807, 2.05) is 13.8 Å². The van der Waals surface area contributed by atoms with Gasteiger partial charge in [-0.3, -0.25) is 4.90 Å². The van der Waals surface area contributed by atoms with Crippen molar-refractivity contribution in [2.45, 2.75) is 20.0 Å². The summed E-state index contributed by atoms with van der Waals surface area (Å²) in [6.07, 6.45) is -0.371. The number of alkyl carbamates (subject to hydrolysis) is 1. The molecule has 88 valence electrons. The first-order chi connectivity index (χ1) is 7.18. The van der Waals surface area contributed by atoms with Crippen molar-refractivity contribution in [2.24, 2.45) is 0 Å². The molecule has 1 rings (SSSR count). The summed E-state index contributed by atoms with van der Waals surface area (Å²) >= 11 is 0. The van der Waals surface area contributed by atoms with Gasteiger partial charge in [-0.05, 0) is 13.8 Å². The number of carbonyl (C=O) groups excluding carboxylic acids is 1. The smallest absolute Gasteiger partial charge is 0.407 e. The molecule has 0 aromatic heterocycles. The second-order valence-corrected chi connectivity index (χ2v) is 3.97. The van der Waals surface area contributed by atoms with Crippen LogP contribution in [0, 0.1) is 0 Å². The van der Waals surface area contributed by atoms with E-state index in [0.717, 1.165) is 32.7 Å². The molecule has 0 bridgehead atoms. The van der Waals surface area contributed by atoms with Gasteiger partial charge in [-0.25, -0.2) is 4.79 Å². The fraction of sp³-hybridized carbons (Fsp3) is 0.900. The molecule has 0 unspecified atom stereocenters. The average Bonchev–Trinajstić information content (AvgIpc) is 2.18. The van der Waals surface area contributed by atoms with Crippen LogP contribution in [0.25, 0.3) is 0 Å². The average molecular weight is 215 g/mol. The second-order valence-electron chi connectivity index (χ2n) is 3.97. The molecule has 5 heteroatoms. The Kier molecular flexibility index (Phi) is 5.42. The van der Waals surface area contributed by atoms with Gasteiger partial charge in [0.15, 0.2) is 0 Å². The third kappa shape index (κ3) is 5.59. The molecule has 0 aromatic rings. The Morgan fingerprint density at radius 1 is 1.47 bits per heavy atom. The van der Waals surface area contributed by atoms with Gasteiger partial charge in [0.2, 0.25) is 0 Å². The normalized spacial score (nSPS) is 17.8. The highest BCUT2D eigenvalue weighted by Gasteiger charge is 2.09. The zero-order chi connectivity index (χ0) is 11.1. The number of nitrogens with zero attached hydrogens (tertiary/aromatic N) is 1. The van der Waals surface area contributed by atoms with E-state index < -0.39 is 0 Å². The van der Waals surface area contributed by atoms with E-state index in [2.05, 4.69) is 15.5 Å². The molecule has 0 radical (unpaired) electrons. The lowest BCUT2D eigenvalue weighted by Crippen LogP contribution is -2.46. The summed E-state index contributed by atoms with van der Waals surface area (Å²) in [5, 5.41) is 6.02. The molecule has 0 aromatic carbocycles. The third-order valence-electron chi connectivity index (χ3n) is 2.25. The Balaban J connectivity index is 2.02. The number of nitrogens with one attached hydrogen (secondary N) is 2. The van der Waals surface area contributed by atoms with E-state index in [1.54, 1.807) is 0 Å². The van der Waals surface area contributed by atoms with Gasteiger partial charge in [-0.2, -0.15) is 0 Å². The van der Waals surface area contributed by atoms with Gasteiger partial charge in [0.25, 0.3) is 0 Å². The maximum Gasteiger partial charge on any atom is 0.407 e. The SMILES string of the molecule is CC(C)OC(=O)NCCN1CCNCC1. The largest absolute Gasteiger partial charge is 0.447 e. The highest BCUT2D eigenvalue weighted by molar-refractivity contribution is 5.67. The monoisotopic (exact) mass is 215 g/mol. The Morgan fingerprint density at radius 3 is 2.73 bits per heavy atom. The number of hydrogen-bond acceptors (Lipinski definition) is 4. The van der Waals surface area contributed by atoms with Crippen LogP contribution in [-0.2, 0) is 4.74 Å². The molecule has 2 N–H and O–H groups in total. The molecule has 1 aliphatic rings. The van der Waals surface area contributed by atoms with Crippen molar-refractivity contribution in [1.29, 1.82) is 0 Å². The molecule has 0 spiro atoms. The lowest BCUT2D eigenvalue weighted by atomic mass is 10.3. The zero-order valence-corrected chi connectivity index (χ0v) is 9.58. The van der Waals surface area contributed by atoms with Gasteiger partial charge < -0.3 is 15.4 Å². The van der Waals surface area contributed by atoms with Gasteiger partial charge in [-0.1, -0.05) is 0 Å². The first-order valence-electron chi connectivity index (χ1n) is 5.56.